The highest BCUT2D eigenvalue weighted by atomic mass is 16.7. The molecule has 0 aromatic heterocycles. The molecule has 0 amide bonds. The Morgan fingerprint density at radius 1 is 0.889 bits per heavy atom. The summed E-state index contributed by atoms with van der Waals surface area (Å²) in [5.41, 5.74) is -2.45. The molecule has 0 spiro atoms. The fraction of sp³-hybridized carbons (Fsp3) is 0.429. The highest BCUT2D eigenvalue weighted by Crippen LogP contribution is 2.42. The third-order valence-corrected chi connectivity index (χ3v) is 5.31. The van der Waals surface area contributed by atoms with E-state index in [1.807, 2.05) is 48.5 Å². The first kappa shape index (κ1) is 19.9. The van der Waals surface area contributed by atoms with Crippen LogP contribution in [-0.2, 0) is 22.3 Å². The van der Waals surface area contributed by atoms with Crippen LogP contribution in [0.1, 0.15) is 11.1 Å². The van der Waals surface area contributed by atoms with E-state index >= 15 is 0 Å². The second kappa shape index (κ2) is 8.06. The molecule has 1 aliphatic rings. The van der Waals surface area contributed by atoms with Gasteiger partial charge in [0.2, 0.25) is 0 Å². The second-order valence-corrected chi connectivity index (χ2v) is 7.04. The summed E-state index contributed by atoms with van der Waals surface area (Å²) in [4.78, 5) is 0. The predicted molar refractivity (Wildman–Crippen MR) is 99.0 cm³/mol. The number of ether oxygens (including phenoxy) is 2. The Morgan fingerprint density at radius 3 is 1.81 bits per heavy atom. The Hall–Kier alpha value is -1.80. The quantitative estimate of drug-likeness (QED) is 0.593. The van der Waals surface area contributed by atoms with E-state index in [9.17, 15) is 20.4 Å². The average Bonchev–Trinajstić information content (AvgIpc) is 2.69. The topological polar surface area (TPSA) is 99.4 Å². The van der Waals surface area contributed by atoms with Crippen molar-refractivity contribution in [2.45, 2.75) is 42.5 Å². The Labute approximate surface area is 158 Å². The molecule has 1 fully saturated rings. The highest BCUT2D eigenvalue weighted by molar-refractivity contribution is 5.26. The number of hydrogen-bond acceptors (Lipinski definition) is 6. The largest absolute Gasteiger partial charge is 0.394 e. The van der Waals surface area contributed by atoms with Gasteiger partial charge in [-0.15, -0.1) is 0 Å². The summed E-state index contributed by atoms with van der Waals surface area (Å²) in [5.74, 6) is 0. The first-order valence-electron chi connectivity index (χ1n) is 8.94. The van der Waals surface area contributed by atoms with Gasteiger partial charge >= 0.3 is 0 Å². The zero-order valence-electron chi connectivity index (χ0n) is 15.2. The van der Waals surface area contributed by atoms with Gasteiger partial charge in [-0.1, -0.05) is 60.7 Å². The molecule has 27 heavy (non-hydrogen) atoms. The van der Waals surface area contributed by atoms with Gasteiger partial charge in [0.25, 0.3) is 0 Å². The molecular formula is C21H26O6. The monoisotopic (exact) mass is 374 g/mol. The second-order valence-electron chi connectivity index (χ2n) is 7.04. The molecule has 1 heterocycles. The van der Waals surface area contributed by atoms with Gasteiger partial charge in [-0.2, -0.15) is 0 Å². The first-order chi connectivity index (χ1) is 12.9. The van der Waals surface area contributed by atoms with Crippen molar-refractivity contribution >= 4 is 0 Å². The van der Waals surface area contributed by atoms with Crippen LogP contribution in [0.5, 0.6) is 0 Å². The van der Waals surface area contributed by atoms with Crippen molar-refractivity contribution in [3.63, 3.8) is 0 Å². The molecule has 1 saturated heterocycles. The van der Waals surface area contributed by atoms with E-state index in [0.29, 0.717) is 0 Å². The number of hydrogen-bond donors (Lipinski definition) is 4. The third-order valence-electron chi connectivity index (χ3n) is 5.31. The van der Waals surface area contributed by atoms with Crippen LogP contribution in [0, 0.1) is 0 Å². The lowest BCUT2D eigenvalue weighted by Gasteiger charge is -2.55. The molecule has 6 heteroatoms. The Bertz CT molecular complexity index is 724. The molecule has 2 aromatic carbocycles. The summed E-state index contributed by atoms with van der Waals surface area (Å²) in [5, 5.41) is 43.6. The number of aliphatic hydroxyl groups excluding tert-OH is 2. The van der Waals surface area contributed by atoms with E-state index in [4.69, 9.17) is 9.47 Å². The predicted octanol–water partition coefficient (Wildman–Crippen LogP) is 0.658. The van der Waals surface area contributed by atoms with Crippen molar-refractivity contribution < 1.29 is 29.9 Å². The third kappa shape index (κ3) is 3.65. The van der Waals surface area contributed by atoms with Gasteiger partial charge in [-0.25, -0.2) is 0 Å². The minimum Gasteiger partial charge on any atom is -0.394 e. The van der Waals surface area contributed by atoms with Crippen molar-refractivity contribution in [1.29, 1.82) is 0 Å². The van der Waals surface area contributed by atoms with Crippen LogP contribution in [0.25, 0.3) is 0 Å². The Kier molecular flexibility index (Phi) is 5.95. The average molecular weight is 374 g/mol. The maximum atomic E-state index is 11.6. The minimum absolute atomic E-state index is 0.00485. The van der Waals surface area contributed by atoms with E-state index in [-0.39, 0.29) is 12.8 Å². The van der Waals surface area contributed by atoms with Crippen LogP contribution in [0.15, 0.2) is 60.7 Å². The fourth-order valence-electron chi connectivity index (χ4n) is 3.81. The molecule has 0 bridgehead atoms. The molecule has 1 aliphatic heterocycles. The molecule has 0 saturated carbocycles. The summed E-state index contributed by atoms with van der Waals surface area (Å²) in [7, 11) is 1.36. The number of methoxy groups -OCH3 is 1. The zero-order chi connectivity index (χ0) is 19.5. The normalized spacial score (nSPS) is 33.7. The van der Waals surface area contributed by atoms with Crippen LogP contribution in [-0.4, -0.2) is 63.8 Å². The zero-order valence-corrected chi connectivity index (χ0v) is 15.2. The SMILES string of the molecule is CO[C@@H]1O[C@H](CO)[C@H](O)[C@@](O)(Cc2ccccc2)[C@]1(O)Cc1ccccc1. The van der Waals surface area contributed by atoms with Gasteiger partial charge in [0.15, 0.2) is 11.9 Å². The van der Waals surface area contributed by atoms with Gasteiger partial charge in [0.05, 0.1) is 6.61 Å². The van der Waals surface area contributed by atoms with Crippen molar-refractivity contribution in [1.82, 2.24) is 0 Å². The van der Waals surface area contributed by atoms with E-state index in [2.05, 4.69) is 0 Å². The molecular weight excluding hydrogens is 348 g/mol. The Balaban J connectivity index is 2.05. The van der Waals surface area contributed by atoms with Crippen LogP contribution < -0.4 is 0 Å². The number of aliphatic hydroxyl groups is 4. The molecule has 4 N–H and O–H groups in total. The summed E-state index contributed by atoms with van der Waals surface area (Å²) >= 11 is 0. The maximum Gasteiger partial charge on any atom is 0.189 e. The lowest BCUT2D eigenvalue weighted by molar-refractivity contribution is -0.369. The summed E-state index contributed by atoms with van der Waals surface area (Å²) in [6.07, 6.45) is -3.85. The van der Waals surface area contributed by atoms with Crippen molar-refractivity contribution in [2.24, 2.45) is 0 Å². The van der Waals surface area contributed by atoms with Gasteiger partial charge < -0.3 is 29.9 Å². The van der Waals surface area contributed by atoms with Gasteiger partial charge in [0, 0.05) is 20.0 Å². The molecule has 2 aromatic rings. The molecule has 5 atom stereocenters. The Morgan fingerprint density at radius 2 is 1.37 bits per heavy atom. The van der Waals surface area contributed by atoms with E-state index in [0.717, 1.165) is 11.1 Å². The van der Waals surface area contributed by atoms with Crippen LogP contribution in [0.3, 0.4) is 0 Å². The van der Waals surface area contributed by atoms with Crippen LogP contribution in [0.2, 0.25) is 0 Å². The summed E-state index contributed by atoms with van der Waals surface area (Å²) < 4.78 is 10.9. The summed E-state index contributed by atoms with van der Waals surface area (Å²) in [6, 6.07) is 18.2. The van der Waals surface area contributed by atoms with Gasteiger partial charge in [0.1, 0.15) is 17.8 Å². The van der Waals surface area contributed by atoms with Crippen molar-refractivity contribution in [3.05, 3.63) is 71.8 Å². The summed E-state index contributed by atoms with van der Waals surface area (Å²) in [6.45, 7) is -0.514. The molecule has 0 unspecified atom stereocenters. The lowest BCUT2D eigenvalue weighted by atomic mass is 9.68. The standard InChI is InChI=1S/C21H26O6/c1-26-19-21(25,13-16-10-6-3-7-11-16)20(24,18(23)17(14-22)27-19)12-15-8-4-2-5-9-15/h2-11,17-19,22-25H,12-14H2,1H3/t17-,18+,19-,20+,21+/m1/s1. The van der Waals surface area contributed by atoms with E-state index < -0.39 is 36.3 Å². The van der Waals surface area contributed by atoms with Crippen molar-refractivity contribution in [3.8, 4) is 0 Å². The maximum absolute atomic E-state index is 11.6. The molecule has 146 valence electrons. The van der Waals surface area contributed by atoms with Crippen molar-refractivity contribution in [2.75, 3.05) is 13.7 Å². The molecule has 0 aliphatic carbocycles. The van der Waals surface area contributed by atoms with E-state index in [1.54, 1.807) is 12.1 Å². The van der Waals surface area contributed by atoms with E-state index in [1.165, 1.54) is 7.11 Å². The number of benzene rings is 2. The first-order valence-corrected chi connectivity index (χ1v) is 8.94. The lowest BCUT2D eigenvalue weighted by Crippen LogP contribution is -2.76. The van der Waals surface area contributed by atoms with Gasteiger partial charge in [-0.3, -0.25) is 0 Å². The number of rotatable bonds is 6. The fourth-order valence-corrected chi connectivity index (χ4v) is 3.81. The molecule has 0 radical (unpaired) electrons. The van der Waals surface area contributed by atoms with Crippen LogP contribution in [0.4, 0.5) is 0 Å². The highest BCUT2D eigenvalue weighted by Gasteiger charge is 2.64. The molecule has 6 nitrogen and oxygen atoms in total. The molecule has 3 rings (SSSR count). The van der Waals surface area contributed by atoms with Gasteiger partial charge in [-0.05, 0) is 11.1 Å². The van der Waals surface area contributed by atoms with Crippen LogP contribution >= 0.6 is 0 Å². The smallest absolute Gasteiger partial charge is 0.189 e. The minimum atomic E-state index is -2.00.